The lowest BCUT2D eigenvalue weighted by molar-refractivity contribution is 0.564. The summed E-state index contributed by atoms with van der Waals surface area (Å²) in [6, 6.07) is 9.53. The number of unbranched alkanes of at least 4 members (excludes halogenated alkanes) is 16. The van der Waals surface area contributed by atoms with Gasteiger partial charge in [0, 0.05) is 0 Å². The van der Waals surface area contributed by atoms with Crippen LogP contribution in [0.2, 0.25) is 0 Å². The predicted molar refractivity (Wildman–Crippen MR) is 128 cm³/mol. The largest absolute Gasteiger partial charge is 0.0654 e. The van der Waals surface area contributed by atoms with Gasteiger partial charge in [0.1, 0.15) is 0 Å². The molecule has 0 amide bonds. The molecule has 1 aromatic carbocycles. The van der Waals surface area contributed by atoms with Gasteiger partial charge in [-0.05, 0) is 36.8 Å². The molecule has 0 heteroatoms. The van der Waals surface area contributed by atoms with Crippen LogP contribution in [0.25, 0.3) is 0 Å². The van der Waals surface area contributed by atoms with Gasteiger partial charge in [-0.15, -0.1) is 0 Å². The van der Waals surface area contributed by atoms with Crippen LogP contribution in [0, 0.1) is 0 Å². The van der Waals surface area contributed by atoms with E-state index in [-0.39, 0.29) is 0 Å². The molecule has 0 unspecified atom stereocenters. The van der Waals surface area contributed by atoms with E-state index in [2.05, 4.69) is 38.1 Å². The Morgan fingerprint density at radius 3 is 0.893 bits per heavy atom. The van der Waals surface area contributed by atoms with E-state index in [9.17, 15) is 0 Å². The van der Waals surface area contributed by atoms with Crippen molar-refractivity contribution in [2.24, 2.45) is 0 Å². The highest BCUT2D eigenvalue weighted by Crippen LogP contribution is 2.15. The Labute approximate surface area is 177 Å². The minimum Gasteiger partial charge on any atom is -0.0654 e. The number of hydrogen-bond donors (Lipinski definition) is 0. The van der Waals surface area contributed by atoms with E-state index in [1.807, 2.05) is 0 Å². The van der Waals surface area contributed by atoms with Crippen LogP contribution in [0.5, 0.6) is 0 Å². The fraction of sp³-hybridized carbons (Fsp3) is 0.786. The molecule has 0 bridgehead atoms. The monoisotopic (exact) mass is 386 g/mol. The molecule has 162 valence electrons. The second-order valence-electron chi connectivity index (χ2n) is 8.97. The summed E-state index contributed by atoms with van der Waals surface area (Å²) in [7, 11) is 0. The number of aryl methyl sites for hydroxylation is 2. The van der Waals surface area contributed by atoms with Gasteiger partial charge >= 0.3 is 0 Å². The van der Waals surface area contributed by atoms with Crippen molar-refractivity contribution in [3.63, 3.8) is 0 Å². The maximum Gasteiger partial charge on any atom is -0.0279 e. The molecule has 0 radical (unpaired) electrons. The summed E-state index contributed by atoms with van der Waals surface area (Å²) < 4.78 is 0. The van der Waals surface area contributed by atoms with Crippen LogP contribution in [0.1, 0.15) is 141 Å². The molecule has 0 aromatic heterocycles. The summed E-state index contributed by atoms with van der Waals surface area (Å²) in [4.78, 5) is 0. The fourth-order valence-electron chi connectivity index (χ4n) is 4.15. The lowest BCUT2D eigenvalue weighted by atomic mass is 10.0. The third-order valence-corrected chi connectivity index (χ3v) is 6.16. The van der Waals surface area contributed by atoms with Crippen molar-refractivity contribution in [3.05, 3.63) is 35.4 Å². The molecule has 0 aliphatic carbocycles. The zero-order valence-electron chi connectivity index (χ0n) is 19.5. The summed E-state index contributed by atoms with van der Waals surface area (Å²) >= 11 is 0. The molecule has 0 nitrogen and oxygen atoms in total. The van der Waals surface area contributed by atoms with Gasteiger partial charge in [-0.2, -0.15) is 0 Å². The summed E-state index contributed by atoms with van der Waals surface area (Å²) in [6.45, 7) is 4.59. The van der Waals surface area contributed by atoms with Crippen LogP contribution in [-0.2, 0) is 12.8 Å². The third kappa shape index (κ3) is 15.2. The first-order valence-corrected chi connectivity index (χ1v) is 12.9. The molecule has 1 aromatic rings. The van der Waals surface area contributed by atoms with E-state index in [0.717, 1.165) is 0 Å². The minimum atomic E-state index is 1.27. The molecular formula is C28H50. The number of rotatable bonds is 20. The zero-order chi connectivity index (χ0) is 20.1. The standard InChI is InChI=1S/C28H50/c1-3-5-7-9-11-13-15-17-19-21-27-23-25-28(26-24-27)22-20-18-16-14-12-10-8-6-4-2/h23-26H,3-22H2,1-2H3. The molecule has 1 rings (SSSR count). The van der Waals surface area contributed by atoms with Crippen molar-refractivity contribution in [1.29, 1.82) is 0 Å². The maximum atomic E-state index is 2.38. The van der Waals surface area contributed by atoms with Crippen LogP contribution in [-0.4, -0.2) is 0 Å². The molecular weight excluding hydrogens is 336 g/mol. The molecule has 0 aliphatic rings. The van der Waals surface area contributed by atoms with Gasteiger partial charge in [0.05, 0.1) is 0 Å². The lowest BCUT2D eigenvalue weighted by Crippen LogP contribution is -1.90. The average molecular weight is 387 g/mol. The van der Waals surface area contributed by atoms with Gasteiger partial charge in [-0.3, -0.25) is 0 Å². The van der Waals surface area contributed by atoms with Gasteiger partial charge in [0.2, 0.25) is 0 Å². The van der Waals surface area contributed by atoms with Crippen molar-refractivity contribution >= 4 is 0 Å². The van der Waals surface area contributed by atoms with E-state index in [1.54, 1.807) is 11.1 Å². The molecule has 0 saturated heterocycles. The first-order chi connectivity index (χ1) is 13.9. The highest BCUT2D eigenvalue weighted by molar-refractivity contribution is 5.22. The first-order valence-electron chi connectivity index (χ1n) is 12.9. The molecule has 0 N–H and O–H groups in total. The predicted octanol–water partition coefficient (Wildman–Crippen LogP) is 9.83. The zero-order valence-corrected chi connectivity index (χ0v) is 19.5. The molecule has 0 aliphatic heterocycles. The normalized spacial score (nSPS) is 11.2. The van der Waals surface area contributed by atoms with Crippen molar-refractivity contribution in [3.8, 4) is 0 Å². The Bertz CT molecular complexity index is 375. The van der Waals surface area contributed by atoms with Gasteiger partial charge < -0.3 is 0 Å². The minimum absolute atomic E-state index is 1.27. The highest BCUT2D eigenvalue weighted by Gasteiger charge is 1.98. The Kier molecular flexibility index (Phi) is 17.6. The third-order valence-electron chi connectivity index (χ3n) is 6.16. The van der Waals surface area contributed by atoms with Gasteiger partial charge in [0.25, 0.3) is 0 Å². The smallest absolute Gasteiger partial charge is 0.0279 e. The Morgan fingerprint density at radius 2 is 0.607 bits per heavy atom. The lowest BCUT2D eigenvalue weighted by Gasteiger charge is -2.06. The summed E-state index contributed by atoms with van der Waals surface area (Å²) in [6.07, 6.45) is 28.1. The molecule has 0 spiro atoms. The van der Waals surface area contributed by atoms with E-state index in [0.29, 0.717) is 0 Å². The van der Waals surface area contributed by atoms with E-state index >= 15 is 0 Å². The van der Waals surface area contributed by atoms with E-state index < -0.39 is 0 Å². The second kappa shape index (κ2) is 19.5. The molecule has 28 heavy (non-hydrogen) atoms. The quantitative estimate of drug-likeness (QED) is 0.196. The van der Waals surface area contributed by atoms with Crippen LogP contribution >= 0.6 is 0 Å². The topological polar surface area (TPSA) is 0 Å². The van der Waals surface area contributed by atoms with Crippen LogP contribution in [0.15, 0.2) is 24.3 Å². The second-order valence-corrected chi connectivity index (χ2v) is 8.97. The van der Waals surface area contributed by atoms with E-state index in [1.165, 1.54) is 128 Å². The van der Waals surface area contributed by atoms with Crippen molar-refractivity contribution in [2.75, 3.05) is 0 Å². The average Bonchev–Trinajstić information content (AvgIpc) is 2.72. The Balaban J connectivity index is 1.94. The van der Waals surface area contributed by atoms with Gasteiger partial charge in [0.15, 0.2) is 0 Å². The van der Waals surface area contributed by atoms with Crippen LogP contribution in [0.3, 0.4) is 0 Å². The van der Waals surface area contributed by atoms with Gasteiger partial charge in [-0.1, -0.05) is 141 Å². The summed E-state index contributed by atoms with van der Waals surface area (Å²) in [5.74, 6) is 0. The van der Waals surface area contributed by atoms with E-state index in [4.69, 9.17) is 0 Å². The first kappa shape index (κ1) is 25.3. The number of hydrogen-bond acceptors (Lipinski definition) is 0. The molecule has 0 saturated carbocycles. The van der Waals surface area contributed by atoms with Crippen molar-refractivity contribution in [2.45, 2.75) is 142 Å². The molecule has 0 atom stereocenters. The van der Waals surface area contributed by atoms with Gasteiger partial charge in [-0.25, -0.2) is 0 Å². The SMILES string of the molecule is CCCCCCCCCCCc1ccc(CCCCCCCCCCC)cc1. The summed E-state index contributed by atoms with van der Waals surface area (Å²) in [5, 5.41) is 0. The maximum absolute atomic E-state index is 2.38. The highest BCUT2D eigenvalue weighted by atomic mass is 14.0. The van der Waals surface area contributed by atoms with Crippen molar-refractivity contribution < 1.29 is 0 Å². The number of benzene rings is 1. The van der Waals surface area contributed by atoms with Crippen molar-refractivity contribution in [1.82, 2.24) is 0 Å². The Hall–Kier alpha value is -0.780. The Morgan fingerprint density at radius 1 is 0.357 bits per heavy atom. The fourth-order valence-corrected chi connectivity index (χ4v) is 4.15. The van der Waals surface area contributed by atoms with Crippen LogP contribution < -0.4 is 0 Å². The molecule has 0 fully saturated rings. The van der Waals surface area contributed by atoms with Crippen LogP contribution in [0.4, 0.5) is 0 Å². The summed E-state index contributed by atoms with van der Waals surface area (Å²) in [5.41, 5.74) is 3.08. The molecule has 0 heterocycles.